The second-order valence-corrected chi connectivity index (χ2v) is 3.72. The third-order valence-electron chi connectivity index (χ3n) is 1.65. The van der Waals surface area contributed by atoms with Crippen molar-refractivity contribution in [2.75, 3.05) is 11.9 Å². The van der Waals surface area contributed by atoms with Gasteiger partial charge in [0.15, 0.2) is 0 Å². The number of carbonyl (C=O) groups is 1. The fraction of sp³-hybridized carbons (Fsp3) is 0.300. The Morgan fingerprint density at radius 2 is 2.00 bits per heavy atom. The maximum Gasteiger partial charge on any atom is 0.338 e. The van der Waals surface area contributed by atoms with E-state index in [0.29, 0.717) is 23.4 Å². The van der Waals surface area contributed by atoms with Gasteiger partial charge in [0, 0.05) is 11.2 Å². The first-order chi connectivity index (χ1) is 6.77. The topological polar surface area (TPSA) is 26.3 Å². The molecule has 0 fully saturated rings. The van der Waals surface area contributed by atoms with E-state index < -0.39 is 0 Å². The molecule has 0 aliphatic heterocycles. The van der Waals surface area contributed by atoms with E-state index in [-0.39, 0.29) is 5.97 Å². The molecule has 0 atom stereocenters. The third-order valence-corrected chi connectivity index (χ3v) is 2.29. The highest BCUT2D eigenvalue weighted by atomic mass is 79.9. The van der Waals surface area contributed by atoms with Crippen LogP contribution in [-0.2, 0) is 10.6 Å². The van der Waals surface area contributed by atoms with Crippen molar-refractivity contribution >= 4 is 33.5 Å². The van der Waals surface area contributed by atoms with Crippen LogP contribution in [0, 0.1) is 0 Å². The molecule has 1 aromatic rings. The molecule has 1 rings (SSSR count). The summed E-state index contributed by atoms with van der Waals surface area (Å²) < 4.78 is 4.93. The minimum absolute atomic E-state index is 0.300. The fourth-order valence-electron chi connectivity index (χ4n) is 0.945. The van der Waals surface area contributed by atoms with E-state index >= 15 is 0 Å². The molecule has 0 aliphatic carbocycles. The molecule has 2 nitrogen and oxygen atoms in total. The number of alkyl halides is 2. The lowest BCUT2D eigenvalue weighted by Crippen LogP contribution is -2.06. The number of hydrogen-bond acceptors (Lipinski definition) is 2. The van der Waals surface area contributed by atoms with Crippen molar-refractivity contribution in [3.8, 4) is 0 Å². The highest BCUT2D eigenvalue weighted by Gasteiger charge is 2.05. The summed E-state index contributed by atoms with van der Waals surface area (Å²) in [7, 11) is 0. The summed E-state index contributed by atoms with van der Waals surface area (Å²) in [6.07, 6.45) is 0. The summed E-state index contributed by atoms with van der Waals surface area (Å²) in [5.41, 5.74) is 1.54. The predicted molar refractivity (Wildman–Crippen MR) is 60.1 cm³/mol. The Balaban J connectivity index is 2.62. The Morgan fingerprint density at radius 1 is 1.36 bits per heavy atom. The number of esters is 1. The van der Waals surface area contributed by atoms with Crippen molar-refractivity contribution in [1.82, 2.24) is 0 Å². The normalized spacial score (nSPS) is 9.86. The largest absolute Gasteiger partial charge is 0.461 e. The third kappa shape index (κ3) is 3.31. The lowest BCUT2D eigenvalue weighted by Gasteiger charge is -2.02. The van der Waals surface area contributed by atoms with Gasteiger partial charge < -0.3 is 4.74 Å². The summed E-state index contributed by atoms with van der Waals surface area (Å²) >= 11 is 8.80. The van der Waals surface area contributed by atoms with Crippen LogP contribution in [0.5, 0.6) is 0 Å². The van der Waals surface area contributed by atoms with Crippen molar-refractivity contribution in [2.24, 2.45) is 0 Å². The highest BCUT2D eigenvalue weighted by Crippen LogP contribution is 2.08. The Kier molecular flexibility index (Phi) is 4.98. The molecule has 0 N–H and O–H groups in total. The number of benzene rings is 1. The molecule has 4 heteroatoms. The molecule has 0 aromatic heterocycles. The summed E-state index contributed by atoms with van der Waals surface area (Å²) in [6.45, 7) is 0.385. The molecule has 14 heavy (non-hydrogen) atoms. The minimum Gasteiger partial charge on any atom is -0.461 e. The average Bonchev–Trinajstić information content (AvgIpc) is 2.26. The lowest BCUT2D eigenvalue weighted by atomic mass is 10.1. The lowest BCUT2D eigenvalue weighted by molar-refractivity contribution is 0.0531. The van der Waals surface area contributed by atoms with Gasteiger partial charge in [0.1, 0.15) is 6.61 Å². The van der Waals surface area contributed by atoms with Crippen LogP contribution in [0.4, 0.5) is 0 Å². The molecule has 0 amide bonds. The number of rotatable bonds is 4. The van der Waals surface area contributed by atoms with Crippen LogP contribution in [0.1, 0.15) is 15.9 Å². The Bertz CT molecular complexity index is 297. The smallest absolute Gasteiger partial charge is 0.338 e. The van der Waals surface area contributed by atoms with Crippen LogP contribution >= 0.6 is 27.5 Å². The van der Waals surface area contributed by atoms with Crippen LogP contribution in [0.2, 0.25) is 0 Å². The highest BCUT2D eigenvalue weighted by molar-refractivity contribution is 9.09. The van der Waals surface area contributed by atoms with Gasteiger partial charge in [-0.2, -0.15) is 0 Å². The van der Waals surface area contributed by atoms with E-state index in [9.17, 15) is 4.79 Å². The zero-order valence-corrected chi connectivity index (χ0v) is 9.85. The van der Waals surface area contributed by atoms with E-state index in [4.69, 9.17) is 16.3 Å². The van der Waals surface area contributed by atoms with Crippen molar-refractivity contribution < 1.29 is 9.53 Å². The van der Waals surface area contributed by atoms with E-state index in [1.54, 1.807) is 12.1 Å². The molecule has 0 heterocycles. The Morgan fingerprint density at radius 3 is 2.50 bits per heavy atom. The average molecular weight is 278 g/mol. The van der Waals surface area contributed by atoms with Crippen molar-refractivity contribution in [1.29, 1.82) is 0 Å². The van der Waals surface area contributed by atoms with Gasteiger partial charge in [0.05, 0.1) is 5.56 Å². The molecule has 1 aromatic carbocycles. The SMILES string of the molecule is O=C(OCCBr)c1ccc(CCl)cc1. The molecule has 0 aliphatic rings. The van der Waals surface area contributed by atoms with Crippen LogP contribution in [0.15, 0.2) is 24.3 Å². The van der Waals surface area contributed by atoms with Gasteiger partial charge >= 0.3 is 5.97 Å². The molecular formula is C10H10BrClO2. The van der Waals surface area contributed by atoms with Gasteiger partial charge in [-0.15, -0.1) is 11.6 Å². The maximum absolute atomic E-state index is 11.3. The van der Waals surface area contributed by atoms with Gasteiger partial charge in [-0.3, -0.25) is 0 Å². The second kappa shape index (κ2) is 6.04. The summed E-state index contributed by atoms with van der Waals surface area (Å²) in [6, 6.07) is 7.07. The van der Waals surface area contributed by atoms with E-state index in [1.807, 2.05) is 12.1 Å². The first-order valence-electron chi connectivity index (χ1n) is 4.16. The quantitative estimate of drug-likeness (QED) is 0.625. The van der Waals surface area contributed by atoms with Gasteiger partial charge in [-0.1, -0.05) is 28.1 Å². The van der Waals surface area contributed by atoms with Crippen LogP contribution in [0.3, 0.4) is 0 Å². The standard InChI is InChI=1S/C10H10BrClO2/c11-5-6-14-10(13)9-3-1-8(7-12)2-4-9/h1-4H,5-7H2. The summed E-state index contributed by atoms with van der Waals surface area (Å²) in [5, 5.41) is 0.651. The van der Waals surface area contributed by atoms with Gasteiger partial charge in [-0.05, 0) is 17.7 Å². The predicted octanol–water partition coefficient (Wildman–Crippen LogP) is 2.98. The first kappa shape index (κ1) is 11.5. The van der Waals surface area contributed by atoms with Gasteiger partial charge in [0.25, 0.3) is 0 Å². The van der Waals surface area contributed by atoms with Gasteiger partial charge in [-0.25, -0.2) is 4.79 Å². The van der Waals surface area contributed by atoms with Crippen molar-refractivity contribution in [3.63, 3.8) is 0 Å². The monoisotopic (exact) mass is 276 g/mol. The molecule has 0 saturated heterocycles. The van der Waals surface area contributed by atoms with Crippen molar-refractivity contribution in [3.05, 3.63) is 35.4 Å². The van der Waals surface area contributed by atoms with E-state index in [0.717, 1.165) is 5.56 Å². The fourth-order valence-corrected chi connectivity index (χ4v) is 1.28. The van der Waals surface area contributed by atoms with E-state index in [2.05, 4.69) is 15.9 Å². The molecule has 0 unspecified atom stereocenters. The zero-order valence-electron chi connectivity index (χ0n) is 7.50. The number of carbonyl (C=O) groups excluding carboxylic acids is 1. The summed E-state index contributed by atoms with van der Waals surface area (Å²) in [4.78, 5) is 11.3. The molecule has 76 valence electrons. The molecule has 0 spiro atoms. The second-order valence-electron chi connectivity index (χ2n) is 2.66. The molecular weight excluding hydrogens is 267 g/mol. The van der Waals surface area contributed by atoms with E-state index in [1.165, 1.54) is 0 Å². The van der Waals surface area contributed by atoms with Crippen molar-refractivity contribution in [2.45, 2.75) is 5.88 Å². The Labute approximate surface area is 96.3 Å². The zero-order chi connectivity index (χ0) is 10.4. The molecule has 0 radical (unpaired) electrons. The number of hydrogen-bond donors (Lipinski definition) is 0. The van der Waals surface area contributed by atoms with Crippen LogP contribution in [-0.4, -0.2) is 17.9 Å². The van der Waals surface area contributed by atoms with Crippen LogP contribution in [0.25, 0.3) is 0 Å². The molecule has 0 bridgehead atoms. The van der Waals surface area contributed by atoms with Crippen LogP contribution < -0.4 is 0 Å². The number of ether oxygens (including phenoxy) is 1. The maximum atomic E-state index is 11.3. The Hall–Kier alpha value is -0.540. The minimum atomic E-state index is -0.300. The van der Waals surface area contributed by atoms with Gasteiger partial charge in [0.2, 0.25) is 0 Å². The number of halogens is 2. The first-order valence-corrected chi connectivity index (χ1v) is 5.81. The molecule has 0 saturated carbocycles. The summed E-state index contributed by atoms with van der Waals surface area (Å²) in [5.74, 6) is 0.155.